The molecular weight excluding hydrogens is 250 g/mol. The van der Waals surface area contributed by atoms with Crippen LogP contribution >= 0.6 is 0 Å². The Labute approximate surface area is 119 Å². The third-order valence-corrected chi connectivity index (χ3v) is 3.17. The van der Waals surface area contributed by atoms with Gasteiger partial charge in [0.2, 0.25) is 0 Å². The van der Waals surface area contributed by atoms with Gasteiger partial charge in [0.05, 0.1) is 0 Å². The van der Waals surface area contributed by atoms with Crippen molar-refractivity contribution in [2.75, 3.05) is 6.61 Å². The number of hydrogen-bond donors (Lipinski definition) is 1. The standard InChI is InChI=1S/C17H19NO2/c1-13-8-9-15(10-14(13)2)11-18-17(19)12-20-16-6-4-3-5-7-16/h3-10H,11-12H2,1-2H3,(H,18,19). The number of carbonyl (C=O) groups is 1. The molecule has 2 rings (SSSR count). The maximum atomic E-state index is 11.7. The molecule has 1 amide bonds. The van der Waals surface area contributed by atoms with Gasteiger partial charge in [-0.1, -0.05) is 36.4 Å². The van der Waals surface area contributed by atoms with Crippen LogP contribution in [-0.4, -0.2) is 12.5 Å². The third-order valence-electron chi connectivity index (χ3n) is 3.17. The number of para-hydroxylation sites is 1. The summed E-state index contributed by atoms with van der Waals surface area (Å²) >= 11 is 0. The smallest absolute Gasteiger partial charge is 0.258 e. The lowest BCUT2D eigenvalue weighted by atomic mass is 10.1. The molecule has 0 saturated carbocycles. The first-order chi connectivity index (χ1) is 9.65. The predicted molar refractivity (Wildman–Crippen MR) is 79.7 cm³/mol. The first-order valence-corrected chi connectivity index (χ1v) is 6.66. The molecule has 0 bridgehead atoms. The van der Waals surface area contributed by atoms with Gasteiger partial charge in [0, 0.05) is 6.54 Å². The van der Waals surface area contributed by atoms with Crippen LogP contribution in [0.4, 0.5) is 0 Å². The van der Waals surface area contributed by atoms with Crippen molar-refractivity contribution in [3.8, 4) is 5.75 Å². The van der Waals surface area contributed by atoms with Gasteiger partial charge in [-0.3, -0.25) is 4.79 Å². The summed E-state index contributed by atoms with van der Waals surface area (Å²) in [4.78, 5) is 11.7. The summed E-state index contributed by atoms with van der Waals surface area (Å²) in [6, 6.07) is 15.5. The van der Waals surface area contributed by atoms with E-state index in [-0.39, 0.29) is 12.5 Å². The van der Waals surface area contributed by atoms with Gasteiger partial charge in [0.25, 0.3) is 5.91 Å². The second-order valence-corrected chi connectivity index (χ2v) is 4.80. The van der Waals surface area contributed by atoms with E-state index >= 15 is 0 Å². The molecule has 0 atom stereocenters. The lowest BCUT2D eigenvalue weighted by Crippen LogP contribution is -2.28. The average Bonchev–Trinajstić information content (AvgIpc) is 2.47. The lowest BCUT2D eigenvalue weighted by molar-refractivity contribution is -0.123. The Morgan fingerprint density at radius 3 is 2.50 bits per heavy atom. The van der Waals surface area contributed by atoms with E-state index in [9.17, 15) is 4.79 Å². The quantitative estimate of drug-likeness (QED) is 0.906. The Bertz CT molecular complexity index is 579. The fourth-order valence-corrected chi connectivity index (χ4v) is 1.83. The van der Waals surface area contributed by atoms with Crippen LogP contribution in [0.25, 0.3) is 0 Å². The number of ether oxygens (including phenoxy) is 1. The Morgan fingerprint density at radius 1 is 1.05 bits per heavy atom. The Hall–Kier alpha value is -2.29. The minimum Gasteiger partial charge on any atom is -0.484 e. The van der Waals surface area contributed by atoms with Gasteiger partial charge < -0.3 is 10.1 Å². The summed E-state index contributed by atoms with van der Waals surface area (Å²) in [6.45, 7) is 4.71. The second kappa shape index (κ2) is 6.75. The van der Waals surface area contributed by atoms with E-state index in [0.717, 1.165) is 5.56 Å². The van der Waals surface area contributed by atoms with Gasteiger partial charge in [-0.2, -0.15) is 0 Å². The van der Waals surface area contributed by atoms with E-state index in [1.54, 1.807) is 0 Å². The second-order valence-electron chi connectivity index (χ2n) is 4.80. The van der Waals surface area contributed by atoms with Crippen LogP contribution in [0, 0.1) is 13.8 Å². The van der Waals surface area contributed by atoms with E-state index in [1.807, 2.05) is 36.4 Å². The highest BCUT2D eigenvalue weighted by Gasteiger charge is 2.03. The molecule has 0 fully saturated rings. The van der Waals surface area contributed by atoms with Gasteiger partial charge in [-0.15, -0.1) is 0 Å². The summed E-state index contributed by atoms with van der Waals surface area (Å²) in [5.74, 6) is 0.584. The van der Waals surface area contributed by atoms with Crippen molar-refractivity contribution in [3.63, 3.8) is 0 Å². The van der Waals surface area contributed by atoms with Crippen molar-refractivity contribution in [1.29, 1.82) is 0 Å². The lowest BCUT2D eigenvalue weighted by Gasteiger charge is -2.08. The molecule has 3 nitrogen and oxygen atoms in total. The average molecular weight is 269 g/mol. The van der Waals surface area contributed by atoms with Crippen LogP contribution in [0.1, 0.15) is 16.7 Å². The molecule has 2 aromatic rings. The molecule has 0 unspecified atom stereocenters. The molecule has 20 heavy (non-hydrogen) atoms. The summed E-state index contributed by atoms with van der Waals surface area (Å²) < 4.78 is 5.39. The van der Waals surface area contributed by atoms with Crippen LogP contribution < -0.4 is 10.1 Å². The SMILES string of the molecule is Cc1ccc(CNC(=O)COc2ccccc2)cc1C. The van der Waals surface area contributed by atoms with Crippen LogP contribution in [0.5, 0.6) is 5.75 Å². The van der Waals surface area contributed by atoms with Gasteiger partial charge in [0.15, 0.2) is 6.61 Å². The zero-order chi connectivity index (χ0) is 14.4. The highest BCUT2D eigenvalue weighted by molar-refractivity contribution is 5.77. The van der Waals surface area contributed by atoms with Gasteiger partial charge >= 0.3 is 0 Å². The molecule has 0 aliphatic carbocycles. The zero-order valence-electron chi connectivity index (χ0n) is 11.8. The normalized spacial score (nSPS) is 10.1. The largest absolute Gasteiger partial charge is 0.484 e. The first kappa shape index (κ1) is 14.1. The fourth-order valence-electron chi connectivity index (χ4n) is 1.83. The molecule has 0 heterocycles. The van der Waals surface area contributed by atoms with Crippen molar-refractivity contribution >= 4 is 5.91 Å². The van der Waals surface area contributed by atoms with Crippen LogP contribution in [-0.2, 0) is 11.3 Å². The zero-order valence-corrected chi connectivity index (χ0v) is 11.8. The number of nitrogens with one attached hydrogen (secondary N) is 1. The predicted octanol–water partition coefficient (Wildman–Crippen LogP) is 3.00. The molecule has 2 aromatic carbocycles. The minimum atomic E-state index is -0.118. The number of carbonyl (C=O) groups excluding carboxylic acids is 1. The number of benzene rings is 2. The summed E-state index contributed by atoms with van der Waals surface area (Å²) in [6.07, 6.45) is 0. The molecule has 0 aliphatic heterocycles. The van der Waals surface area contributed by atoms with Gasteiger partial charge in [-0.05, 0) is 42.7 Å². The number of amides is 1. The highest BCUT2D eigenvalue weighted by atomic mass is 16.5. The third kappa shape index (κ3) is 4.12. The maximum Gasteiger partial charge on any atom is 0.258 e. The first-order valence-electron chi connectivity index (χ1n) is 6.66. The summed E-state index contributed by atoms with van der Waals surface area (Å²) in [5.41, 5.74) is 3.59. The van der Waals surface area contributed by atoms with E-state index in [1.165, 1.54) is 11.1 Å². The highest BCUT2D eigenvalue weighted by Crippen LogP contribution is 2.10. The number of hydrogen-bond acceptors (Lipinski definition) is 2. The molecule has 0 saturated heterocycles. The molecule has 104 valence electrons. The Balaban J connectivity index is 1.79. The van der Waals surface area contributed by atoms with Crippen LogP contribution in [0.3, 0.4) is 0 Å². The number of aryl methyl sites for hydroxylation is 2. The van der Waals surface area contributed by atoms with E-state index in [2.05, 4.69) is 31.3 Å². The molecule has 3 heteroatoms. The topological polar surface area (TPSA) is 38.3 Å². The van der Waals surface area contributed by atoms with E-state index < -0.39 is 0 Å². The minimum absolute atomic E-state index is 0.0366. The van der Waals surface area contributed by atoms with Crippen molar-refractivity contribution in [2.45, 2.75) is 20.4 Å². The van der Waals surface area contributed by atoms with Gasteiger partial charge in [-0.25, -0.2) is 0 Å². The fraction of sp³-hybridized carbons (Fsp3) is 0.235. The van der Waals surface area contributed by atoms with Crippen molar-refractivity contribution in [1.82, 2.24) is 5.32 Å². The Kier molecular flexibility index (Phi) is 4.77. The van der Waals surface area contributed by atoms with E-state index in [0.29, 0.717) is 12.3 Å². The maximum absolute atomic E-state index is 11.7. The van der Waals surface area contributed by atoms with E-state index in [4.69, 9.17) is 4.74 Å². The number of rotatable bonds is 5. The molecule has 0 aliphatic rings. The molecular formula is C17H19NO2. The monoisotopic (exact) mass is 269 g/mol. The van der Waals surface area contributed by atoms with Crippen molar-refractivity contribution in [3.05, 3.63) is 65.2 Å². The van der Waals surface area contributed by atoms with Crippen LogP contribution in [0.2, 0.25) is 0 Å². The van der Waals surface area contributed by atoms with Crippen molar-refractivity contribution < 1.29 is 9.53 Å². The summed E-state index contributed by atoms with van der Waals surface area (Å²) in [5, 5.41) is 2.85. The van der Waals surface area contributed by atoms with Gasteiger partial charge in [0.1, 0.15) is 5.75 Å². The molecule has 0 radical (unpaired) electrons. The molecule has 0 spiro atoms. The molecule has 1 N–H and O–H groups in total. The molecule has 0 aromatic heterocycles. The van der Waals surface area contributed by atoms with Crippen LogP contribution in [0.15, 0.2) is 48.5 Å². The Morgan fingerprint density at radius 2 is 1.80 bits per heavy atom. The van der Waals surface area contributed by atoms with Crippen molar-refractivity contribution in [2.24, 2.45) is 0 Å². The summed E-state index contributed by atoms with van der Waals surface area (Å²) in [7, 11) is 0.